The largest absolute Gasteiger partial charge is 0.459 e. The van der Waals surface area contributed by atoms with Crippen molar-refractivity contribution in [3.8, 4) is 22.4 Å². The molecule has 2 heterocycles. The number of benzene rings is 3. The molecule has 2 aromatic heterocycles. The number of amides is 1. The van der Waals surface area contributed by atoms with Crippen LogP contribution in [-0.2, 0) is 11.3 Å². The van der Waals surface area contributed by atoms with E-state index in [2.05, 4.69) is 10.3 Å². The van der Waals surface area contributed by atoms with E-state index in [0.717, 1.165) is 16.5 Å². The number of furan rings is 1. The molecule has 0 fully saturated rings. The van der Waals surface area contributed by atoms with Crippen LogP contribution in [0.25, 0.3) is 33.4 Å². The van der Waals surface area contributed by atoms with Gasteiger partial charge in [0.1, 0.15) is 28.6 Å². The van der Waals surface area contributed by atoms with Gasteiger partial charge in [-0.05, 0) is 93.1 Å². The lowest BCUT2D eigenvalue weighted by Gasteiger charge is -2.19. The molecule has 0 bridgehead atoms. The Morgan fingerprint density at radius 2 is 1.50 bits per heavy atom. The molecule has 5 rings (SSSR count). The summed E-state index contributed by atoms with van der Waals surface area (Å²) in [4.78, 5) is 29.4. The minimum absolute atomic E-state index is 0.111. The van der Waals surface area contributed by atoms with Gasteiger partial charge in [-0.15, -0.1) is 0 Å². The fourth-order valence-corrected chi connectivity index (χ4v) is 4.23. The average Bonchev–Trinajstić information content (AvgIpc) is 3.34. The Bertz CT molecular complexity index is 1690. The standard InChI is InChI=1S/C32H26F2N2O4/c1-32(2,3)40-31(38)36-18-26-15-23-14-22(16-27(30(23)39-26)19-4-9-24(33)10-5-19)28-13-8-21(17-35-28)29(37)20-6-11-25(34)12-7-20/h4-17H,18H2,1-3H3,(H,36,38). The highest BCUT2D eigenvalue weighted by atomic mass is 19.1. The Balaban J connectivity index is 1.48. The molecule has 3 aromatic carbocycles. The smallest absolute Gasteiger partial charge is 0.408 e. The van der Waals surface area contributed by atoms with E-state index in [1.54, 1.807) is 45.0 Å². The maximum Gasteiger partial charge on any atom is 0.408 e. The van der Waals surface area contributed by atoms with Gasteiger partial charge < -0.3 is 14.5 Å². The monoisotopic (exact) mass is 540 g/mol. The van der Waals surface area contributed by atoms with Gasteiger partial charge in [-0.25, -0.2) is 13.6 Å². The van der Waals surface area contributed by atoms with E-state index in [4.69, 9.17) is 9.15 Å². The summed E-state index contributed by atoms with van der Waals surface area (Å²) in [5.41, 5.74) is 3.47. The molecule has 0 unspecified atom stereocenters. The Kier molecular flexibility index (Phi) is 7.17. The van der Waals surface area contributed by atoms with E-state index in [1.807, 2.05) is 18.2 Å². The van der Waals surface area contributed by atoms with Crippen molar-refractivity contribution in [1.82, 2.24) is 10.3 Å². The number of rotatable bonds is 6. The van der Waals surface area contributed by atoms with Crippen molar-refractivity contribution in [2.45, 2.75) is 32.9 Å². The van der Waals surface area contributed by atoms with Crippen LogP contribution < -0.4 is 5.32 Å². The normalized spacial score (nSPS) is 11.4. The second kappa shape index (κ2) is 10.7. The summed E-state index contributed by atoms with van der Waals surface area (Å²) >= 11 is 0. The van der Waals surface area contributed by atoms with E-state index in [9.17, 15) is 18.4 Å². The Morgan fingerprint density at radius 3 is 2.12 bits per heavy atom. The molecule has 1 N–H and O–H groups in total. The van der Waals surface area contributed by atoms with Crippen LogP contribution in [-0.4, -0.2) is 22.5 Å². The number of ketones is 1. The van der Waals surface area contributed by atoms with E-state index in [1.165, 1.54) is 42.6 Å². The molecule has 202 valence electrons. The van der Waals surface area contributed by atoms with Crippen LogP contribution in [0.4, 0.5) is 13.6 Å². The molecular formula is C32H26F2N2O4. The van der Waals surface area contributed by atoms with Gasteiger partial charge in [-0.3, -0.25) is 9.78 Å². The number of nitrogens with one attached hydrogen (secondary N) is 1. The fraction of sp³-hybridized carbons (Fsp3) is 0.156. The van der Waals surface area contributed by atoms with Gasteiger partial charge in [-0.2, -0.15) is 0 Å². The van der Waals surface area contributed by atoms with Gasteiger partial charge >= 0.3 is 6.09 Å². The van der Waals surface area contributed by atoms with Crippen molar-refractivity contribution in [2.75, 3.05) is 0 Å². The lowest BCUT2D eigenvalue weighted by atomic mass is 9.98. The van der Waals surface area contributed by atoms with Gasteiger partial charge in [0.25, 0.3) is 0 Å². The number of hydrogen-bond donors (Lipinski definition) is 1. The van der Waals surface area contributed by atoms with Crippen LogP contribution in [0.5, 0.6) is 0 Å². The molecule has 1 amide bonds. The quantitative estimate of drug-likeness (QED) is 0.223. The highest BCUT2D eigenvalue weighted by Gasteiger charge is 2.18. The van der Waals surface area contributed by atoms with Crippen LogP contribution in [0.3, 0.4) is 0 Å². The first-order valence-corrected chi connectivity index (χ1v) is 12.6. The summed E-state index contributed by atoms with van der Waals surface area (Å²) in [6.45, 7) is 5.46. The zero-order valence-electron chi connectivity index (χ0n) is 22.1. The zero-order chi connectivity index (χ0) is 28.4. The summed E-state index contributed by atoms with van der Waals surface area (Å²) in [6, 6.07) is 20.4. The molecule has 0 aliphatic carbocycles. The van der Waals surface area contributed by atoms with Crippen LogP contribution in [0.1, 0.15) is 42.5 Å². The molecule has 0 radical (unpaired) electrons. The molecule has 0 aliphatic heterocycles. The Morgan fingerprint density at radius 1 is 0.850 bits per heavy atom. The van der Waals surface area contributed by atoms with Crippen molar-refractivity contribution < 1.29 is 27.5 Å². The molecular weight excluding hydrogens is 514 g/mol. The SMILES string of the molecule is CC(C)(C)OC(=O)NCc1cc2cc(-c3ccc(C(=O)c4ccc(F)cc4)cn3)cc(-c3ccc(F)cc3)c2o1. The van der Waals surface area contributed by atoms with Crippen molar-refractivity contribution >= 4 is 22.8 Å². The topological polar surface area (TPSA) is 81.4 Å². The second-order valence-electron chi connectivity index (χ2n) is 10.3. The Labute approximate surface area is 229 Å². The number of pyridine rings is 1. The van der Waals surface area contributed by atoms with Crippen LogP contribution in [0.15, 0.2) is 89.5 Å². The molecule has 8 heteroatoms. The first-order valence-electron chi connectivity index (χ1n) is 12.6. The maximum atomic E-state index is 13.7. The number of nitrogens with zero attached hydrogens (tertiary/aromatic N) is 1. The van der Waals surface area contributed by atoms with Crippen molar-refractivity contribution in [3.05, 3.63) is 114 Å². The van der Waals surface area contributed by atoms with Gasteiger partial charge in [0.2, 0.25) is 0 Å². The third-order valence-corrected chi connectivity index (χ3v) is 6.06. The molecule has 5 aromatic rings. The number of hydrogen-bond acceptors (Lipinski definition) is 5. The highest BCUT2D eigenvalue weighted by Crippen LogP contribution is 2.36. The molecule has 0 spiro atoms. The Hall–Kier alpha value is -4.85. The van der Waals surface area contributed by atoms with Crippen LogP contribution in [0, 0.1) is 11.6 Å². The van der Waals surface area contributed by atoms with Crippen molar-refractivity contribution in [2.24, 2.45) is 0 Å². The predicted octanol–water partition coefficient (Wildman–Crippen LogP) is 7.70. The number of alkyl carbamates (subject to hydrolysis) is 1. The van der Waals surface area contributed by atoms with Gasteiger partial charge in [0.15, 0.2) is 5.78 Å². The van der Waals surface area contributed by atoms with Crippen LogP contribution in [0.2, 0.25) is 0 Å². The first-order chi connectivity index (χ1) is 19.1. The summed E-state index contributed by atoms with van der Waals surface area (Å²) in [6.07, 6.45) is 0.917. The van der Waals surface area contributed by atoms with E-state index < -0.39 is 17.5 Å². The van der Waals surface area contributed by atoms with E-state index in [0.29, 0.717) is 33.7 Å². The number of fused-ring (bicyclic) bond motifs is 1. The number of ether oxygens (including phenoxy) is 1. The van der Waals surface area contributed by atoms with Crippen molar-refractivity contribution in [1.29, 1.82) is 0 Å². The summed E-state index contributed by atoms with van der Waals surface area (Å²) in [5, 5.41) is 3.45. The number of carbonyl (C=O) groups is 2. The lowest BCUT2D eigenvalue weighted by Crippen LogP contribution is -2.32. The van der Waals surface area contributed by atoms with Gasteiger partial charge in [0, 0.05) is 33.8 Å². The lowest BCUT2D eigenvalue weighted by molar-refractivity contribution is 0.0520. The third-order valence-electron chi connectivity index (χ3n) is 6.06. The summed E-state index contributed by atoms with van der Waals surface area (Å²) < 4.78 is 38.3. The number of aromatic nitrogens is 1. The molecule has 6 nitrogen and oxygen atoms in total. The second-order valence-corrected chi connectivity index (χ2v) is 10.3. The number of carbonyl (C=O) groups excluding carboxylic acids is 2. The fourth-order valence-electron chi connectivity index (χ4n) is 4.23. The minimum atomic E-state index is -0.630. The summed E-state index contributed by atoms with van der Waals surface area (Å²) in [7, 11) is 0. The van der Waals surface area contributed by atoms with Crippen molar-refractivity contribution in [3.63, 3.8) is 0 Å². The first kappa shape index (κ1) is 26.7. The zero-order valence-corrected chi connectivity index (χ0v) is 22.1. The predicted molar refractivity (Wildman–Crippen MR) is 148 cm³/mol. The van der Waals surface area contributed by atoms with Crippen LogP contribution >= 0.6 is 0 Å². The van der Waals surface area contributed by atoms with Gasteiger partial charge in [0.05, 0.1) is 12.2 Å². The molecule has 0 saturated carbocycles. The van der Waals surface area contributed by atoms with Gasteiger partial charge in [-0.1, -0.05) is 12.1 Å². The number of halogens is 2. The molecule has 40 heavy (non-hydrogen) atoms. The van der Waals surface area contributed by atoms with E-state index >= 15 is 0 Å². The average molecular weight is 541 g/mol. The van der Waals surface area contributed by atoms with E-state index in [-0.39, 0.29) is 18.1 Å². The summed E-state index contributed by atoms with van der Waals surface area (Å²) in [5.74, 6) is -0.533. The highest BCUT2D eigenvalue weighted by molar-refractivity contribution is 6.09. The minimum Gasteiger partial charge on any atom is -0.459 e. The maximum absolute atomic E-state index is 13.7. The molecule has 0 atom stereocenters. The third kappa shape index (κ3) is 6.07. The molecule has 0 aliphatic rings. The molecule has 0 saturated heterocycles.